The van der Waals surface area contributed by atoms with E-state index < -0.39 is 0 Å². The summed E-state index contributed by atoms with van der Waals surface area (Å²) in [6.45, 7) is 0. The first-order chi connectivity index (χ1) is 8.79. The lowest BCUT2D eigenvalue weighted by molar-refractivity contribution is -0.659. The molecule has 2 heterocycles. The van der Waals surface area contributed by atoms with E-state index in [2.05, 4.69) is 18.3 Å². The van der Waals surface area contributed by atoms with Crippen molar-refractivity contribution in [2.24, 2.45) is 7.05 Å². The lowest BCUT2D eigenvalue weighted by Crippen LogP contribution is -2.30. The monoisotopic (exact) mass is 240 g/mol. The minimum Gasteiger partial charge on any atom is -0.496 e. The Morgan fingerprint density at radius 1 is 1.17 bits per heavy atom. The van der Waals surface area contributed by atoms with Crippen LogP contribution in [0.1, 0.15) is 0 Å². The van der Waals surface area contributed by atoms with E-state index in [0.29, 0.717) is 0 Å². The zero-order chi connectivity index (χ0) is 12.5. The molecule has 3 nitrogen and oxygen atoms in total. The fourth-order valence-electron chi connectivity index (χ4n) is 2.18. The number of aromatic nitrogens is 1. The van der Waals surface area contributed by atoms with Crippen molar-refractivity contribution in [3.8, 4) is 17.2 Å². The Bertz CT molecular complexity index is 687. The number of hydrogen-bond acceptors (Lipinski definition) is 2. The smallest absolute Gasteiger partial charge is 0.248 e. The third-order valence-electron chi connectivity index (χ3n) is 3.09. The van der Waals surface area contributed by atoms with Crippen molar-refractivity contribution in [1.82, 2.24) is 0 Å². The molecule has 0 amide bonds. The number of fused-ring (bicyclic) bond motifs is 1. The Labute approximate surface area is 105 Å². The Morgan fingerprint density at radius 3 is 2.78 bits per heavy atom. The average molecular weight is 240 g/mol. The Kier molecular flexibility index (Phi) is 2.52. The SMILES string of the molecule is COc1cccc2cc(-c3ccco3)[n+](C)cc12. The summed E-state index contributed by atoms with van der Waals surface area (Å²) in [5.74, 6) is 1.75. The van der Waals surface area contributed by atoms with Gasteiger partial charge in [0.15, 0.2) is 12.0 Å². The van der Waals surface area contributed by atoms with E-state index in [1.165, 1.54) is 0 Å². The molecule has 0 N–H and O–H groups in total. The highest BCUT2D eigenvalue weighted by molar-refractivity contribution is 5.88. The van der Waals surface area contributed by atoms with Crippen molar-refractivity contribution >= 4 is 10.8 Å². The summed E-state index contributed by atoms with van der Waals surface area (Å²) in [6, 6.07) is 12.0. The molecule has 0 aliphatic heterocycles. The van der Waals surface area contributed by atoms with E-state index in [9.17, 15) is 0 Å². The molecule has 3 aromatic rings. The lowest BCUT2D eigenvalue weighted by Gasteiger charge is -2.05. The first-order valence-corrected chi connectivity index (χ1v) is 5.80. The molecule has 0 aliphatic carbocycles. The van der Waals surface area contributed by atoms with Gasteiger partial charge in [-0.05, 0) is 23.6 Å². The third kappa shape index (κ3) is 1.64. The first kappa shape index (κ1) is 10.8. The molecular weight excluding hydrogens is 226 g/mol. The number of rotatable bonds is 2. The van der Waals surface area contributed by atoms with Crippen LogP contribution >= 0.6 is 0 Å². The summed E-state index contributed by atoms with van der Waals surface area (Å²) in [5, 5.41) is 2.23. The van der Waals surface area contributed by atoms with Crippen molar-refractivity contribution in [2.45, 2.75) is 0 Å². The third-order valence-corrected chi connectivity index (χ3v) is 3.09. The summed E-state index contributed by atoms with van der Waals surface area (Å²) in [6.07, 6.45) is 3.75. The molecule has 2 aromatic heterocycles. The minimum atomic E-state index is 0.863. The van der Waals surface area contributed by atoms with Gasteiger partial charge in [-0.25, -0.2) is 0 Å². The molecule has 0 fully saturated rings. The van der Waals surface area contributed by atoms with Crippen LogP contribution in [0.2, 0.25) is 0 Å². The second-order valence-electron chi connectivity index (χ2n) is 4.21. The van der Waals surface area contributed by atoms with Gasteiger partial charge >= 0.3 is 0 Å². The molecule has 0 spiro atoms. The number of pyridine rings is 1. The molecule has 0 atom stereocenters. The maximum absolute atomic E-state index is 5.45. The van der Waals surface area contributed by atoms with E-state index in [1.807, 2.05) is 35.9 Å². The van der Waals surface area contributed by atoms with Gasteiger partial charge in [0.25, 0.3) is 0 Å². The van der Waals surface area contributed by atoms with Crippen LogP contribution in [-0.2, 0) is 7.05 Å². The first-order valence-electron chi connectivity index (χ1n) is 5.80. The highest BCUT2D eigenvalue weighted by atomic mass is 16.5. The molecule has 0 saturated carbocycles. The molecule has 1 aromatic carbocycles. The maximum Gasteiger partial charge on any atom is 0.248 e. The summed E-state index contributed by atoms with van der Waals surface area (Å²) in [5.41, 5.74) is 1.04. The van der Waals surface area contributed by atoms with Gasteiger partial charge in [0.2, 0.25) is 5.69 Å². The molecule has 0 unspecified atom stereocenters. The second kappa shape index (κ2) is 4.18. The summed E-state index contributed by atoms with van der Waals surface area (Å²) < 4.78 is 12.9. The van der Waals surface area contributed by atoms with Gasteiger partial charge in [-0.3, -0.25) is 0 Å². The van der Waals surface area contributed by atoms with Crippen molar-refractivity contribution in [3.63, 3.8) is 0 Å². The van der Waals surface area contributed by atoms with Gasteiger partial charge in [0.1, 0.15) is 12.8 Å². The largest absolute Gasteiger partial charge is 0.496 e. The highest BCUT2D eigenvalue weighted by Gasteiger charge is 2.15. The van der Waals surface area contributed by atoms with Crippen LogP contribution < -0.4 is 9.30 Å². The zero-order valence-electron chi connectivity index (χ0n) is 10.4. The van der Waals surface area contributed by atoms with Crippen molar-refractivity contribution in [2.75, 3.05) is 7.11 Å². The summed E-state index contributed by atoms with van der Waals surface area (Å²) in [4.78, 5) is 0. The van der Waals surface area contributed by atoms with Gasteiger partial charge in [-0.2, -0.15) is 4.57 Å². The second-order valence-corrected chi connectivity index (χ2v) is 4.21. The van der Waals surface area contributed by atoms with Gasteiger partial charge in [-0.15, -0.1) is 0 Å². The molecular formula is C15H14NO2+. The standard InChI is InChI=1S/C15H14NO2/c1-16-10-12-11(5-3-6-14(12)17-2)9-13(16)15-7-4-8-18-15/h3-10H,1-2H3/q+1. The van der Waals surface area contributed by atoms with Crippen LogP contribution in [0.4, 0.5) is 0 Å². The number of hydrogen-bond donors (Lipinski definition) is 0. The number of furan rings is 1. The van der Waals surface area contributed by atoms with E-state index in [4.69, 9.17) is 9.15 Å². The Balaban J connectivity index is 2.28. The Morgan fingerprint density at radius 2 is 2.06 bits per heavy atom. The van der Waals surface area contributed by atoms with Crippen LogP contribution in [0.15, 0.2) is 53.3 Å². The zero-order valence-corrected chi connectivity index (χ0v) is 10.4. The van der Waals surface area contributed by atoms with Crippen LogP contribution in [-0.4, -0.2) is 7.11 Å². The maximum atomic E-state index is 5.45. The quantitative estimate of drug-likeness (QED) is 0.644. The van der Waals surface area contributed by atoms with E-state index in [-0.39, 0.29) is 0 Å². The van der Waals surface area contributed by atoms with Crippen molar-refractivity contribution < 1.29 is 13.7 Å². The van der Waals surface area contributed by atoms with Crippen molar-refractivity contribution in [3.05, 3.63) is 48.9 Å². The number of nitrogens with zero attached hydrogens (tertiary/aromatic N) is 1. The highest BCUT2D eigenvalue weighted by Crippen LogP contribution is 2.27. The molecule has 3 heteroatoms. The van der Waals surface area contributed by atoms with Gasteiger partial charge < -0.3 is 9.15 Å². The summed E-state index contributed by atoms with van der Waals surface area (Å²) in [7, 11) is 3.69. The van der Waals surface area contributed by atoms with Crippen LogP contribution in [0, 0.1) is 0 Å². The average Bonchev–Trinajstić information content (AvgIpc) is 2.91. The number of benzene rings is 1. The topological polar surface area (TPSA) is 26.2 Å². The molecule has 0 saturated heterocycles. The lowest BCUT2D eigenvalue weighted by atomic mass is 10.1. The minimum absolute atomic E-state index is 0.863. The van der Waals surface area contributed by atoms with Gasteiger partial charge in [-0.1, -0.05) is 12.1 Å². The molecule has 18 heavy (non-hydrogen) atoms. The molecule has 90 valence electrons. The van der Waals surface area contributed by atoms with Gasteiger partial charge in [0, 0.05) is 6.07 Å². The Hall–Kier alpha value is -2.29. The van der Waals surface area contributed by atoms with Crippen LogP contribution in [0.3, 0.4) is 0 Å². The molecule has 0 aliphatic rings. The molecule has 3 rings (SSSR count). The molecule has 0 bridgehead atoms. The van der Waals surface area contributed by atoms with Gasteiger partial charge in [0.05, 0.1) is 18.8 Å². The fraction of sp³-hybridized carbons (Fsp3) is 0.133. The normalized spacial score (nSPS) is 10.8. The predicted molar refractivity (Wildman–Crippen MR) is 69.4 cm³/mol. The van der Waals surface area contributed by atoms with E-state index in [0.717, 1.165) is 28.0 Å². The number of aryl methyl sites for hydroxylation is 1. The van der Waals surface area contributed by atoms with Crippen LogP contribution in [0.25, 0.3) is 22.2 Å². The van der Waals surface area contributed by atoms with E-state index in [1.54, 1.807) is 13.4 Å². The van der Waals surface area contributed by atoms with E-state index >= 15 is 0 Å². The van der Waals surface area contributed by atoms with Crippen molar-refractivity contribution in [1.29, 1.82) is 0 Å². The number of ether oxygens (including phenoxy) is 1. The fourth-order valence-corrected chi connectivity index (χ4v) is 2.18. The number of methoxy groups -OCH3 is 1. The van der Waals surface area contributed by atoms with Crippen LogP contribution in [0.5, 0.6) is 5.75 Å². The molecule has 0 radical (unpaired) electrons. The summed E-state index contributed by atoms with van der Waals surface area (Å²) >= 11 is 0. The predicted octanol–water partition coefficient (Wildman–Crippen LogP) is 2.93.